The van der Waals surface area contributed by atoms with E-state index >= 15 is 0 Å². The summed E-state index contributed by atoms with van der Waals surface area (Å²) in [7, 11) is 0. The maximum absolute atomic E-state index is 13.1. The summed E-state index contributed by atoms with van der Waals surface area (Å²) in [5, 5.41) is 14.5. The molecule has 0 saturated carbocycles. The van der Waals surface area contributed by atoms with Crippen molar-refractivity contribution in [2.75, 3.05) is 10.6 Å². The number of amides is 2. The number of benzene rings is 4. The van der Waals surface area contributed by atoms with Crippen molar-refractivity contribution in [3.8, 4) is 0 Å². The van der Waals surface area contributed by atoms with Crippen molar-refractivity contribution in [3.05, 3.63) is 119 Å². The van der Waals surface area contributed by atoms with Crippen LogP contribution in [0.25, 0.3) is 0 Å². The molecular formula is C32H32N4O2. The molecule has 0 unspecified atom stereocenters. The van der Waals surface area contributed by atoms with Gasteiger partial charge in [0, 0.05) is 16.8 Å². The highest BCUT2D eigenvalue weighted by Crippen LogP contribution is 2.31. The van der Waals surface area contributed by atoms with Gasteiger partial charge >= 0.3 is 0 Å². The second-order valence-electron chi connectivity index (χ2n) is 9.73. The molecule has 4 aromatic rings. The van der Waals surface area contributed by atoms with Crippen LogP contribution in [0.5, 0.6) is 0 Å². The maximum Gasteiger partial charge on any atom is 0.255 e. The Morgan fingerprint density at radius 1 is 0.605 bits per heavy atom. The molecule has 0 bridgehead atoms. The molecule has 6 nitrogen and oxygen atoms in total. The SMILES string of the molecule is CC(C)c1ccc(C(=O)Nc2ccc(N=Nc3ccccc3)c(NC(=O)c3ccc(C(C)C)cc3)c2)cc1. The Labute approximate surface area is 223 Å². The molecule has 4 rings (SSSR count). The first kappa shape index (κ1) is 26.5. The fraction of sp³-hybridized carbons (Fsp3) is 0.188. The third kappa shape index (κ3) is 6.79. The fourth-order valence-corrected chi connectivity index (χ4v) is 3.84. The van der Waals surface area contributed by atoms with Crippen molar-refractivity contribution in [3.63, 3.8) is 0 Å². The first-order valence-electron chi connectivity index (χ1n) is 12.7. The quantitative estimate of drug-likeness (QED) is 0.235. The number of rotatable bonds is 8. The van der Waals surface area contributed by atoms with Gasteiger partial charge in [-0.25, -0.2) is 0 Å². The second kappa shape index (κ2) is 12.1. The van der Waals surface area contributed by atoms with Crippen LogP contribution in [0.4, 0.5) is 22.7 Å². The van der Waals surface area contributed by atoms with Crippen molar-refractivity contribution in [1.29, 1.82) is 0 Å². The van der Waals surface area contributed by atoms with Crippen molar-refractivity contribution < 1.29 is 9.59 Å². The Kier molecular flexibility index (Phi) is 8.44. The third-order valence-electron chi connectivity index (χ3n) is 6.21. The van der Waals surface area contributed by atoms with Crippen LogP contribution in [-0.2, 0) is 0 Å². The lowest BCUT2D eigenvalue weighted by molar-refractivity contribution is 0.101. The van der Waals surface area contributed by atoms with Crippen molar-refractivity contribution in [2.45, 2.75) is 39.5 Å². The summed E-state index contributed by atoms with van der Waals surface area (Å²) >= 11 is 0. The van der Waals surface area contributed by atoms with Crippen LogP contribution < -0.4 is 10.6 Å². The van der Waals surface area contributed by atoms with E-state index in [1.165, 1.54) is 5.56 Å². The van der Waals surface area contributed by atoms with Gasteiger partial charge in [0.1, 0.15) is 5.69 Å². The Bertz CT molecular complexity index is 1430. The Hall–Kier alpha value is -4.58. The molecule has 4 aromatic carbocycles. The second-order valence-corrected chi connectivity index (χ2v) is 9.73. The minimum atomic E-state index is -0.274. The smallest absolute Gasteiger partial charge is 0.255 e. The highest BCUT2D eigenvalue weighted by molar-refractivity contribution is 6.07. The molecule has 0 aromatic heterocycles. The summed E-state index contributed by atoms with van der Waals surface area (Å²) in [5.41, 5.74) is 5.54. The van der Waals surface area contributed by atoms with Gasteiger partial charge in [-0.05, 0) is 77.6 Å². The van der Waals surface area contributed by atoms with Crippen LogP contribution in [-0.4, -0.2) is 11.8 Å². The zero-order valence-corrected chi connectivity index (χ0v) is 22.1. The first-order chi connectivity index (χ1) is 18.3. The highest BCUT2D eigenvalue weighted by Gasteiger charge is 2.13. The number of nitrogens with zero attached hydrogens (tertiary/aromatic N) is 2. The van der Waals surface area contributed by atoms with E-state index in [-0.39, 0.29) is 11.8 Å². The Balaban J connectivity index is 1.59. The number of carbonyl (C=O) groups excluding carboxylic acids is 2. The van der Waals surface area contributed by atoms with Gasteiger partial charge in [0.25, 0.3) is 11.8 Å². The molecule has 0 fully saturated rings. The summed E-state index contributed by atoms with van der Waals surface area (Å²) in [5.74, 6) is 0.251. The summed E-state index contributed by atoms with van der Waals surface area (Å²) in [4.78, 5) is 26.0. The van der Waals surface area contributed by atoms with Gasteiger partial charge in [-0.15, -0.1) is 5.11 Å². The van der Waals surface area contributed by atoms with Crippen LogP contribution in [0.1, 0.15) is 71.4 Å². The minimum Gasteiger partial charge on any atom is -0.322 e. The zero-order valence-electron chi connectivity index (χ0n) is 22.1. The molecule has 192 valence electrons. The topological polar surface area (TPSA) is 82.9 Å². The standard InChI is InChI=1S/C32H32N4O2/c1-21(2)23-10-14-25(15-11-23)31(37)33-28-18-19-29(36-35-27-8-6-5-7-9-27)30(20-28)34-32(38)26-16-12-24(13-17-26)22(3)4/h5-22H,1-4H3,(H,33,37)(H,34,38). The summed E-state index contributed by atoms with van der Waals surface area (Å²) in [6.45, 7) is 8.44. The Morgan fingerprint density at radius 2 is 1.13 bits per heavy atom. The number of carbonyl (C=O) groups is 2. The van der Waals surface area contributed by atoms with E-state index in [2.05, 4.69) is 48.6 Å². The molecule has 0 aliphatic heterocycles. The van der Waals surface area contributed by atoms with Crippen LogP contribution in [0.2, 0.25) is 0 Å². The van der Waals surface area contributed by atoms with Crippen LogP contribution in [0, 0.1) is 0 Å². The monoisotopic (exact) mass is 504 g/mol. The van der Waals surface area contributed by atoms with Gasteiger partial charge in [0.2, 0.25) is 0 Å². The van der Waals surface area contributed by atoms with Gasteiger partial charge in [0.15, 0.2) is 0 Å². The minimum absolute atomic E-state index is 0.236. The molecule has 6 heteroatoms. The molecule has 0 radical (unpaired) electrons. The molecular weight excluding hydrogens is 472 g/mol. The molecule has 0 heterocycles. The zero-order chi connectivity index (χ0) is 27.1. The van der Waals surface area contributed by atoms with Gasteiger partial charge in [-0.3, -0.25) is 9.59 Å². The lowest BCUT2D eigenvalue weighted by Crippen LogP contribution is -2.14. The maximum atomic E-state index is 13.1. The average Bonchev–Trinajstić information content (AvgIpc) is 2.93. The van der Waals surface area contributed by atoms with E-state index in [4.69, 9.17) is 0 Å². The van der Waals surface area contributed by atoms with Crippen molar-refractivity contribution in [2.24, 2.45) is 10.2 Å². The average molecular weight is 505 g/mol. The van der Waals surface area contributed by atoms with Crippen molar-refractivity contribution in [1.82, 2.24) is 0 Å². The molecule has 0 saturated heterocycles. The number of hydrogen-bond acceptors (Lipinski definition) is 4. The summed E-state index contributed by atoms with van der Waals surface area (Å²) in [6, 6.07) is 29.6. The highest BCUT2D eigenvalue weighted by atomic mass is 16.2. The van der Waals surface area contributed by atoms with E-state index in [0.29, 0.717) is 45.7 Å². The van der Waals surface area contributed by atoms with Crippen LogP contribution in [0.15, 0.2) is 107 Å². The normalized spacial score (nSPS) is 11.2. The number of nitrogens with one attached hydrogen (secondary N) is 2. The van der Waals surface area contributed by atoms with E-state index in [1.54, 1.807) is 18.2 Å². The fourth-order valence-electron chi connectivity index (χ4n) is 3.84. The first-order valence-corrected chi connectivity index (χ1v) is 12.7. The molecule has 38 heavy (non-hydrogen) atoms. The third-order valence-corrected chi connectivity index (χ3v) is 6.21. The lowest BCUT2D eigenvalue weighted by Gasteiger charge is -2.12. The molecule has 2 amide bonds. The molecule has 0 spiro atoms. The van der Waals surface area contributed by atoms with Crippen LogP contribution >= 0.6 is 0 Å². The molecule has 0 atom stereocenters. The van der Waals surface area contributed by atoms with E-state index in [9.17, 15) is 9.59 Å². The molecule has 0 aliphatic rings. The largest absolute Gasteiger partial charge is 0.322 e. The van der Waals surface area contributed by atoms with Gasteiger partial charge in [0.05, 0.1) is 11.4 Å². The van der Waals surface area contributed by atoms with Crippen LogP contribution in [0.3, 0.4) is 0 Å². The predicted octanol–water partition coefficient (Wildman–Crippen LogP) is 8.85. The summed E-state index contributed by atoms with van der Waals surface area (Å²) in [6.07, 6.45) is 0. The number of hydrogen-bond donors (Lipinski definition) is 2. The van der Waals surface area contributed by atoms with Gasteiger partial charge in [-0.2, -0.15) is 5.11 Å². The number of azo groups is 1. The van der Waals surface area contributed by atoms with E-state index < -0.39 is 0 Å². The molecule has 2 N–H and O–H groups in total. The molecule has 0 aliphatic carbocycles. The lowest BCUT2D eigenvalue weighted by atomic mass is 10.0. The Morgan fingerprint density at radius 3 is 1.66 bits per heavy atom. The summed E-state index contributed by atoms with van der Waals surface area (Å²) < 4.78 is 0. The number of anilines is 2. The van der Waals surface area contributed by atoms with E-state index in [1.807, 2.05) is 78.9 Å². The van der Waals surface area contributed by atoms with Gasteiger partial charge < -0.3 is 10.6 Å². The van der Waals surface area contributed by atoms with Gasteiger partial charge in [-0.1, -0.05) is 70.2 Å². The predicted molar refractivity (Wildman–Crippen MR) is 154 cm³/mol. The van der Waals surface area contributed by atoms with E-state index in [0.717, 1.165) is 5.56 Å². The van der Waals surface area contributed by atoms with Crippen molar-refractivity contribution >= 4 is 34.6 Å².